The molecule has 1 aliphatic heterocycles. The Morgan fingerprint density at radius 3 is 2.44 bits per heavy atom. The van der Waals surface area contributed by atoms with E-state index in [0.717, 1.165) is 30.5 Å². The number of carbonyl (C=O) groups excluding carboxylic acids is 2. The van der Waals surface area contributed by atoms with Crippen LogP contribution in [0.15, 0.2) is 12.1 Å². The van der Waals surface area contributed by atoms with Crippen LogP contribution in [0.5, 0.6) is 5.75 Å². The molecule has 1 saturated carbocycles. The summed E-state index contributed by atoms with van der Waals surface area (Å²) in [5.41, 5.74) is 1.18. The van der Waals surface area contributed by atoms with Gasteiger partial charge < -0.3 is 20.3 Å². The van der Waals surface area contributed by atoms with E-state index in [1.807, 2.05) is 13.8 Å². The third-order valence-electron chi connectivity index (χ3n) is 7.44. The molecular weight excluding hydrogens is 457 g/mol. The fourth-order valence-corrected chi connectivity index (χ4v) is 7.03. The Hall–Kier alpha value is -2.75. The van der Waals surface area contributed by atoms with Crippen molar-refractivity contribution in [3.8, 4) is 5.75 Å². The molecule has 2 aromatic rings. The van der Waals surface area contributed by atoms with E-state index in [2.05, 4.69) is 39.6 Å². The van der Waals surface area contributed by atoms with Gasteiger partial charge in [0.15, 0.2) is 11.6 Å². The van der Waals surface area contributed by atoms with Crippen LogP contribution >= 0.6 is 10.0 Å². The van der Waals surface area contributed by atoms with Crippen LogP contribution in [0.1, 0.15) is 49.9 Å². The summed E-state index contributed by atoms with van der Waals surface area (Å²) < 4.78 is 19.7. The molecule has 1 aromatic heterocycles. The molecule has 1 aliphatic carbocycles. The predicted octanol–water partition coefficient (Wildman–Crippen LogP) is 4.70. The van der Waals surface area contributed by atoms with Crippen molar-refractivity contribution in [1.29, 1.82) is 0 Å². The molecule has 0 atom stereocenters. The van der Waals surface area contributed by atoms with Gasteiger partial charge in [-0.1, -0.05) is 6.07 Å². The summed E-state index contributed by atoms with van der Waals surface area (Å²) in [5.74, 6) is 0.172. The van der Waals surface area contributed by atoms with Crippen LogP contribution < -0.4 is 15.4 Å². The number of hydrogen-bond donors (Lipinski definition) is 3. The van der Waals surface area contributed by atoms with Gasteiger partial charge in [0.1, 0.15) is 11.4 Å². The molecule has 8 nitrogen and oxygen atoms in total. The third kappa shape index (κ3) is 3.62. The van der Waals surface area contributed by atoms with Crippen molar-refractivity contribution in [2.24, 2.45) is 0 Å². The first kappa shape index (κ1) is 24.4. The third-order valence-corrected chi connectivity index (χ3v) is 10.4. The number of nitrogens with zero attached hydrogens (tertiary/aromatic N) is 2. The van der Waals surface area contributed by atoms with E-state index in [-0.39, 0.29) is 28.6 Å². The van der Waals surface area contributed by atoms with Crippen LogP contribution in [0.4, 0.5) is 20.7 Å². The van der Waals surface area contributed by atoms with Gasteiger partial charge in [0.05, 0.1) is 29.6 Å². The second-order valence-electron chi connectivity index (χ2n) is 10.4. The van der Waals surface area contributed by atoms with E-state index in [0.29, 0.717) is 11.4 Å². The maximum atomic E-state index is 14.8. The zero-order valence-corrected chi connectivity index (χ0v) is 21.7. The summed E-state index contributed by atoms with van der Waals surface area (Å²) in [6.45, 7) is 5.63. The quantitative estimate of drug-likeness (QED) is 0.564. The Morgan fingerprint density at radius 2 is 1.88 bits per heavy atom. The van der Waals surface area contributed by atoms with Crippen LogP contribution in [0, 0.1) is 12.7 Å². The number of anilines is 2. The number of nitrogens with one attached hydrogen (secondary N) is 3. The van der Waals surface area contributed by atoms with Crippen molar-refractivity contribution in [2.75, 3.05) is 36.5 Å². The average Bonchev–Trinajstić information content (AvgIpc) is 3.22. The first-order valence-corrected chi connectivity index (χ1v) is 14.2. The normalized spacial score (nSPS) is 18.6. The van der Waals surface area contributed by atoms with E-state index in [1.165, 1.54) is 7.11 Å². The van der Waals surface area contributed by atoms with Crippen molar-refractivity contribution in [1.82, 2.24) is 15.1 Å². The molecule has 3 amide bonds. The summed E-state index contributed by atoms with van der Waals surface area (Å²) in [5, 5.41) is 13.1. The first-order valence-electron chi connectivity index (χ1n) is 11.3. The number of aromatic amines is 1. The number of aromatic nitrogens is 2. The fourth-order valence-electron chi connectivity index (χ4n) is 4.91. The highest BCUT2D eigenvalue weighted by molar-refractivity contribution is 8.33. The van der Waals surface area contributed by atoms with Crippen LogP contribution in [-0.4, -0.2) is 57.7 Å². The molecule has 0 radical (unpaired) electrons. The maximum absolute atomic E-state index is 14.8. The van der Waals surface area contributed by atoms with E-state index in [4.69, 9.17) is 4.74 Å². The number of halogens is 1. The average molecular weight is 492 g/mol. The summed E-state index contributed by atoms with van der Waals surface area (Å²) in [7, 11) is 0.318. The van der Waals surface area contributed by atoms with Crippen molar-refractivity contribution < 1.29 is 18.7 Å². The van der Waals surface area contributed by atoms with Crippen molar-refractivity contribution >= 4 is 33.5 Å². The maximum Gasteiger partial charge on any atom is 0.323 e. The predicted molar refractivity (Wildman–Crippen MR) is 134 cm³/mol. The number of H-pyrrole nitrogens is 1. The first-order chi connectivity index (χ1) is 15.8. The summed E-state index contributed by atoms with van der Waals surface area (Å²) in [6, 6.07) is 2.75. The number of aryl methyl sites for hydroxylation is 1. The molecule has 2 heterocycles. The topological polar surface area (TPSA) is 99.3 Å². The minimum absolute atomic E-state index is 0.00262. The Balaban J connectivity index is 1.57. The Labute approximate surface area is 201 Å². The molecule has 0 bridgehead atoms. The van der Waals surface area contributed by atoms with Crippen LogP contribution in [0.3, 0.4) is 0 Å². The van der Waals surface area contributed by atoms with E-state index in [9.17, 15) is 14.0 Å². The van der Waals surface area contributed by atoms with E-state index >= 15 is 0 Å². The Kier molecular flexibility index (Phi) is 5.86. The van der Waals surface area contributed by atoms with Crippen molar-refractivity contribution in [3.63, 3.8) is 0 Å². The SMILES string of the molecule is COc1ccc(C)c(F)c1NC(=O)N1Cc2c(NC(=O)C3(S(C)(C)C)CCC3)n[nH]c2C1(C)C. The largest absolute Gasteiger partial charge is 0.494 e. The van der Waals surface area contributed by atoms with Crippen LogP contribution in [0.25, 0.3) is 0 Å². The van der Waals surface area contributed by atoms with Gasteiger partial charge in [-0.2, -0.15) is 5.10 Å². The highest BCUT2D eigenvalue weighted by Crippen LogP contribution is 2.60. The lowest BCUT2D eigenvalue weighted by Crippen LogP contribution is -2.51. The number of benzene rings is 1. The van der Waals surface area contributed by atoms with Crippen molar-refractivity contribution in [2.45, 2.75) is 56.9 Å². The van der Waals surface area contributed by atoms with Gasteiger partial charge in [0, 0.05) is 5.56 Å². The van der Waals surface area contributed by atoms with Gasteiger partial charge in [-0.15, -0.1) is 0 Å². The van der Waals surface area contributed by atoms with Gasteiger partial charge in [0.25, 0.3) is 0 Å². The highest BCUT2D eigenvalue weighted by Gasteiger charge is 2.51. The zero-order chi connectivity index (χ0) is 25.1. The van der Waals surface area contributed by atoms with Crippen molar-refractivity contribution in [3.05, 3.63) is 34.8 Å². The molecule has 10 heteroatoms. The lowest BCUT2D eigenvalue weighted by atomic mass is 9.83. The molecular formula is C24H34FN5O3S. The van der Waals surface area contributed by atoms with Crippen LogP contribution in [0.2, 0.25) is 0 Å². The van der Waals surface area contributed by atoms with Gasteiger partial charge in [-0.25, -0.2) is 19.2 Å². The highest BCUT2D eigenvalue weighted by atomic mass is 32.3. The number of methoxy groups -OCH3 is 1. The number of ether oxygens (including phenoxy) is 1. The number of urea groups is 1. The number of amides is 3. The molecule has 0 spiro atoms. The van der Waals surface area contributed by atoms with Gasteiger partial charge >= 0.3 is 6.03 Å². The molecule has 34 heavy (non-hydrogen) atoms. The molecule has 1 fully saturated rings. The van der Waals surface area contributed by atoms with Crippen LogP contribution in [-0.2, 0) is 16.9 Å². The second kappa shape index (κ2) is 8.18. The molecule has 0 unspecified atom stereocenters. The minimum Gasteiger partial charge on any atom is -0.494 e. The van der Waals surface area contributed by atoms with E-state index in [1.54, 1.807) is 24.0 Å². The minimum atomic E-state index is -1.11. The summed E-state index contributed by atoms with van der Waals surface area (Å²) in [4.78, 5) is 28.2. The molecule has 3 N–H and O–H groups in total. The number of hydrogen-bond acceptors (Lipinski definition) is 4. The molecule has 2 aliphatic rings. The summed E-state index contributed by atoms with van der Waals surface area (Å²) >= 11 is 0. The van der Waals surface area contributed by atoms with Gasteiger partial charge in [-0.3, -0.25) is 9.89 Å². The summed E-state index contributed by atoms with van der Waals surface area (Å²) in [6.07, 6.45) is 9.34. The fraction of sp³-hybridized carbons (Fsp3) is 0.542. The van der Waals surface area contributed by atoms with E-state index < -0.39 is 27.4 Å². The molecule has 4 rings (SSSR count). The number of fused-ring (bicyclic) bond motifs is 1. The monoisotopic (exact) mass is 491 g/mol. The van der Waals surface area contributed by atoms with Gasteiger partial charge in [0.2, 0.25) is 5.91 Å². The number of carbonyl (C=O) groups is 2. The molecule has 0 saturated heterocycles. The Morgan fingerprint density at radius 1 is 1.21 bits per heavy atom. The molecule has 186 valence electrons. The lowest BCUT2D eigenvalue weighted by Gasteiger charge is -2.53. The molecule has 1 aromatic carbocycles. The lowest BCUT2D eigenvalue weighted by molar-refractivity contribution is -0.120. The smallest absolute Gasteiger partial charge is 0.323 e. The number of rotatable bonds is 5. The standard InChI is InChI=1S/C24H34FN5O3S/c1-14-9-10-16(33-4)18(17(14)25)26-22(32)30-13-15-19(23(30,2)3)28-29-20(15)27-21(31)24(11-8-12-24)34(5,6)7/h9-10H,8,11-13H2,1-7H3,(H,26,32)(H2,27,28,29,31). The Bertz CT molecular complexity index is 1150. The van der Waals surface area contributed by atoms with Gasteiger partial charge in [-0.05, 0) is 70.4 Å². The second-order valence-corrected chi connectivity index (χ2v) is 14.9. The zero-order valence-electron chi connectivity index (χ0n) is 20.9.